The zero-order valence-electron chi connectivity index (χ0n) is 8.46. The van der Waals surface area contributed by atoms with Gasteiger partial charge in [0.25, 0.3) is 0 Å². The molecule has 78 valence electrons. The van der Waals surface area contributed by atoms with E-state index < -0.39 is 0 Å². The molecule has 0 aliphatic rings. The predicted octanol–water partition coefficient (Wildman–Crippen LogP) is 2.84. The summed E-state index contributed by atoms with van der Waals surface area (Å²) in [7, 11) is 0. The fourth-order valence-corrected chi connectivity index (χ4v) is 1.54. The molecule has 0 amide bonds. The summed E-state index contributed by atoms with van der Waals surface area (Å²) in [5.41, 5.74) is 6.54. The number of nitrogens with two attached hydrogens (primary N) is 1. The minimum Gasteiger partial charge on any atom is -0.382 e. The monoisotopic (exact) mass is 213 g/mol. The van der Waals surface area contributed by atoms with Crippen molar-refractivity contribution in [2.24, 2.45) is 0 Å². The third-order valence-electron chi connectivity index (χ3n) is 2.14. The molecule has 0 spiro atoms. The quantitative estimate of drug-likeness (QED) is 0.766. The summed E-state index contributed by atoms with van der Waals surface area (Å²) < 4.78 is 0. The molecule has 0 radical (unpaired) electrons. The van der Waals surface area contributed by atoms with Crippen molar-refractivity contribution in [3.63, 3.8) is 0 Å². The second-order valence-corrected chi connectivity index (χ2v) is 3.75. The van der Waals surface area contributed by atoms with Gasteiger partial charge in [0.05, 0.1) is 0 Å². The van der Waals surface area contributed by atoms with Crippen molar-refractivity contribution in [3.05, 3.63) is 16.8 Å². The van der Waals surface area contributed by atoms with Gasteiger partial charge in [0.2, 0.25) is 0 Å². The predicted molar refractivity (Wildman–Crippen MR) is 59.3 cm³/mol. The van der Waals surface area contributed by atoms with Crippen molar-refractivity contribution in [2.75, 3.05) is 5.73 Å². The van der Waals surface area contributed by atoms with Gasteiger partial charge in [0.1, 0.15) is 5.82 Å². The van der Waals surface area contributed by atoms with Gasteiger partial charge in [-0.1, -0.05) is 37.8 Å². The van der Waals surface area contributed by atoms with Gasteiger partial charge in [0, 0.05) is 0 Å². The van der Waals surface area contributed by atoms with Gasteiger partial charge in [-0.2, -0.15) is 0 Å². The lowest BCUT2D eigenvalue weighted by molar-refractivity contribution is 0.665. The molecule has 4 heteroatoms. The Kier molecular flexibility index (Phi) is 4.66. The topological polar surface area (TPSA) is 51.8 Å². The summed E-state index contributed by atoms with van der Waals surface area (Å²) in [6.07, 6.45) is 5.82. The van der Waals surface area contributed by atoms with E-state index in [1.165, 1.54) is 19.3 Å². The maximum absolute atomic E-state index is 5.88. The van der Waals surface area contributed by atoms with Crippen molar-refractivity contribution in [3.8, 4) is 0 Å². The standard InChI is InChI=1S/C10H16ClN3/c1-2-3-4-5-6-8-7-9(12)13-14-10(8)11/h7H,2-6H2,1H3,(H2,12,13). The van der Waals surface area contributed by atoms with Gasteiger partial charge in [0.15, 0.2) is 5.15 Å². The Labute approximate surface area is 89.7 Å². The van der Waals surface area contributed by atoms with Gasteiger partial charge < -0.3 is 5.73 Å². The van der Waals surface area contributed by atoms with E-state index in [9.17, 15) is 0 Å². The SMILES string of the molecule is CCCCCCc1cc(N)nnc1Cl. The number of hydrogen-bond donors (Lipinski definition) is 1. The van der Waals surface area contributed by atoms with Crippen LogP contribution in [-0.4, -0.2) is 10.2 Å². The Morgan fingerprint density at radius 2 is 2.07 bits per heavy atom. The molecular formula is C10H16ClN3. The lowest BCUT2D eigenvalue weighted by Gasteiger charge is -2.03. The number of nitrogens with zero attached hydrogens (tertiary/aromatic N) is 2. The normalized spacial score (nSPS) is 10.4. The Hall–Kier alpha value is -0.830. The van der Waals surface area contributed by atoms with Crippen LogP contribution >= 0.6 is 11.6 Å². The molecule has 3 nitrogen and oxygen atoms in total. The zero-order chi connectivity index (χ0) is 10.4. The summed E-state index contributed by atoms with van der Waals surface area (Å²) >= 11 is 5.88. The van der Waals surface area contributed by atoms with Crippen molar-refractivity contribution < 1.29 is 0 Å². The first-order valence-corrected chi connectivity index (χ1v) is 5.39. The third kappa shape index (κ3) is 3.50. The maximum Gasteiger partial charge on any atom is 0.155 e. The van der Waals surface area contributed by atoms with Gasteiger partial charge in [-0.15, -0.1) is 10.2 Å². The van der Waals surface area contributed by atoms with Crippen LogP contribution in [0.25, 0.3) is 0 Å². The van der Waals surface area contributed by atoms with Crippen LogP contribution in [0.4, 0.5) is 5.82 Å². The van der Waals surface area contributed by atoms with Crippen molar-refractivity contribution in [2.45, 2.75) is 39.0 Å². The van der Waals surface area contributed by atoms with E-state index in [1.54, 1.807) is 6.07 Å². The minimum atomic E-state index is 0.444. The Balaban J connectivity index is 2.45. The number of nitrogen functional groups attached to an aromatic ring is 1. The van der Waals surface area contributed by atoms with E-state index in [1.807, 2.05) is 0 Å². The Morgan fingerprint density at radius 1 is 1.29 bits per heavy atom. The number of unbranched alkanes of at least 4 members (excludes halogenated alkanes) is 3. The first-order valence-electron chi connectivity index (χ1n) is 5.01. The minimum absolute atomic E-state index is 0.444. The molecule has 1 aromatic rings. The average Bonchev–Trinajstić information content (AvgIpc) is 2.18. The van der Waals surface area contributed by atoms with Crippen LogP contribution in [0.5, 0.6) is 0 Å². The summed E-state index contributed by atoms with van der Waals surface area (Å²) in [6, 6.07) is 1.81. The van der Waals surface area contributed by atoms with Crippen molar-refractivity contribution in [1.29, 1.82) is 0 Å². The molecule has 0 saturated carbocycles. The first-order chi connectivity index (χ1) is 6.74. The molecule has 0 fully saturated rings. The van der Waals surface area contributed by atoms with Crippen LogP contribution in [0, 0.1) is 0 Å². The molecule has 2 N–H and O–H groups in total. The molecule has 1 heterocycles. The summed E-state index contributed by atoms with van der Waals surface area (Å²) in [6.45, 7) is 2.19. The van der Waals surface area contributed by atoms with E-state index in [2.05, 4.69) is 17.1 Å². The van der Waals surface area contributed by atoms with E-state index in [0.717, 1.165) is 18.4 Å². The number of aryl methyl sites for hydroxylation is 1. The average molecular weight is 214 g/mol. The molecule has 0 saturated heterocycles. The molecule has 0 atom stereocenters. The third-order valence-corrected chi connectivity index (χ3v) is 2.46. The lowest BCUT2D eigenvalue weighted by atomic mass is 10.1. The molecule has 1 rings (SSSR count). The smallest absolute Gasteiger partial charge is 0.155 e. The van der Waals surface area contributed by atoms with Crippen LogP contribution < -0.4 is 5.73 Å². The van der Waals surface area contributed by atoms with Gasteiger partial charge in [-0.25, -0.2) is 0 Å². The molecule has 0 aromatic carbocycles. The number of rotatable bonds is 5. The van der Waals surface area contributed by atoms with Crippen LogP contribution in [0.15, 0.2) is 6.07 Å². The second-order valence-electron chi connectivity index (χ2n) is 3.40. The van der Waals surface area contributed by atoms with Crippen molar-refractivity contribution >= 4 is 17.4 Å². The first kappa shape index (κ1) is 11.2. The van der Waals surface area contributed by atoms with E-state index in [0.29, 0.717) is 11.0 Å². The van der Waals surface area contributed by atoms with Crippen LogP contribution in [0.2, 0.25) is 5.15 Å². The number of anilines is 1. The highest BCUT2D eigenvalue weighted by Crippen LogP contribution is 2.16. The molecule has 0 unspecified atom stereocenters. The van der Waals surface area contributed by atoms with E-state index in [4.69, 9.17) is 17.3 Å². The number of halogens is 1. The van der Waals surface area contributed by atoms with Gasteiger partial charge in [-0.05, 0) is 24.5 Å². The molecule has 0 aliphatic carbocycles. The molecule has 14 heavy (non-hydrogen) atoms. The molecular weight excluding hydrogens is 198 g/mol. The highest BCUT2D eigenvalue weighted by Gasteiger charge is 2.02. The van der Waals surface area contributed by atoms with Crippen LogP contribution in [0.3, 0.4) is 0 Å². The van der Waals surface area contributed by atoms with Crippen LogP contribution in [0.1, 0.15) is 38.2 Å². The highest BCUT2D eigenvalue weighted by atomic mass is 35.5. The molecule has 0 aliphatic heterocycles. The summed E-state index contributed by atoms with van der Waals surface area (Å²) in [4.78, 5) is 0. The second kappa shape index (κ2) is 5.81. The highest BCUT2D eigenvalue weighted by molar-refractivity contribution is 6.30. The summed E-state index contributed by atoms with van der Waals surface area (Å²) in [5.74, 6) is 0.444. The maximum atomic E-state index is 5.88. The van der Waals surface area contributed by atoms with E-state index >= 15 is 0 Å². The largest absolute Gasteiger partial charge is 0.382 e. The lowest BCUT2D eigenvalue weighted by Crippen LogP contribution is -1.97. The Morgan fingerprint density at radius 3 is 2.79 bits per heavy atom. The zero-order valence-corrected chi connectivity index (χ0v) is 9.22. The fourth-order valence-electron chi connectivity index (χ4n) is 1.35. The van der Waals surface area contributed by atoms with Gasteiger partial charge >= 0.3 is 0 Å². The van der Waals surface area contributed by atoms with Crippen LogP contribution in [-0.2, 0) is 6.42 Å². The van der Waals surface area contributed by atoms with Crippen molar-refractivity contribution in [1.82, 2.24) is 10.2 Å². The molecule has 0 bridgehead atoms. The molecule has 1 aromatic heterocycles. The van der Waals surface area contributed by atoms with E-state index in [-0.39, 0.29) is 0 Å². The summed E-state index contributed by atoms with van der Waals surface area (Å²) in [5, 5.41) is 7.93. The Bertz CT molecular complexity index is 289. The van der Waals surface area contributed by atoms with Gasteiger partial charge in [-0.3, -0.25) is 0 Å². The number of hydrogen-bond acceptors (Lipinski definition) is 3. The fraction of sp³-hybridized carbons (Fsp3) is 0.600. The number of aromatic nitrogens is 2.